The Kier molecular flexibility index (Phi) is 7.01. The number of nitrogens with zero attached hydrogens (tertiary/aromatic N) is 2. The van der Waals surface area contributed by atoms with Crippen LogP contribution in [0.3, 0.4) is 0 Å². The Bertz CT molecular complexity index is 507. The number of amides is 2. The number of carbonyl (C=O) groups is 2. The Balaban J connectivity index is 1.43. The summed E-state index contributed by atoms with van der Waals surface area (Å²) in [5.41, 5.74) is 0.103. The van der Waals surface area contributed by atoms with Crippen molar-refractivity contribution in [3.8, 4) is 0 Å². The summed E-state index contributed by atoms with van der Waals surface area (Å²) in [5, 5.41) is 3.37. The number of hydrogen-bond donors (Lipinski definition) is 1. The third-order valence-electron chi connectivity index (χ3n) is 7.02. The molecule has 0 aromatic heterocycles. The zero-order chi connectivity index (χ0) is 19.3. The number of likely N-dealkylation sites (tertiary alicyclic amines) is 2. The molecule has 154 valence electrons. The summed E-state index contributed by atoms with van der Waals surface area (Å²) < 4.78 is 5.15. The average molecular weight is 380 g/mol. The molecule has 27 heavy (non-hydrogen) atoms. The largest absolute Gasteiger partial charge is 0.450 e. The van der Waals surface area contributed by atoms with E-state index in [0.717, 1.165) is 77.5 Å². The summed E-state index contributed by atoms with van der Waals surface area (Å²) in [5.74, 6) is 0.456. The molecule has 0 aromatic rings. The third kappa shape index (κ3) is 4.95. The molecule has 3 rings (SSSR count). The topological polar surface area (TPSA) is 61.9 Å². The van der Waals surface area contributed by atoms with Crippen molar-refractivity contribution in [2.24, 2.45) is 5.92 Å². The Hall–Kier alpha value is -1.30. The van der Waals surface area contributed by atoms with Crippen molar-refractivity contribution < 1.29 is 14.3 Å². The van der Waals surface area contributed by atoms with Gasteiger partial charge in [0.15, 0.2) is 0 Å². The minimum absolute atomic E-state index is 0.103. The van der Waals surface area contributed by atoms with E-state index >= 15 is 0 Å². The maximum atomic E-state index is 12.7. The van der Waals surface area contributed by atoms with E-state index < -0.39 is 0 Å². The highest BCUT2D eigenvalue weighted by Gasteiger charge is 2.39. The van der Waals surface area contributed by atoms with Crippen molar-refractivity contribution in [2.45, 2.75) is 83.2 Å². The lowest BCUT2D eigenvalue weighted by Gasteiger charge is -2.44. The molecule has 3 fully saturated rings. The van der Waals surface area contributed by atoms with Crippen LogP contribution in [0.2, 0.25) is 0 Å². The molecule has 0 spiro atoms. The van der Waals surface area contributed by atoms with E-state index in [1.165, 1.54) is 6.42 Å². The van der Waals surface area contributed by atoms with Crippen LogP contribution in [0.4, 0.5) is 4.79 Å². The van der Waals surface area contributed by atoms with Gasteiger partial charge in [-0.15, -0.1) is 0 Å². The Morgan fingerprint density at radius 3 is 2.33 bits per heavy atom. The number of ether oxygens (including phenoxy) is 1. The second kappa shape index (κ2) is 9.26. The fourth-order valence-electron chi connectivity index (χ4n) is 4.90. The van der Waals surface area contributed by atoms with Gasteiger partial charge in [-0.05, 0) is 77.8 Å². The van der Waals surface area contributed by atoms with Crippen LogP contribution in [0, 0.1) is 5.92 Å². The van der Waals surface area contributed by atoms with E-state index in [1.54, 1.807) is 0 Å². The normalized spacial score (nSPS) is 26.7. The molecule has 1 saturated carbocycles. The lowest BCUT2D eigenvalue weighted by molar-refractivity contribution is -0.130. The maximum absolute atomic E-state index is 12.7. The van der Waals surface area contributed by atoms with Gasteiger partial charge >= 0.3 is 6.09 Å². The van der Waals surface area contributed by atoms with Crippen molar-refractivity contribution in [3.05, 3.63) is 0 Å². The van der Waals surface area contributed by atoms with E-state index in [4.69, 9.17) is 4.74 Å². The number of nitrogens with one attached hydrogen (secondary N) is 1. The SMILES string of the molecule is CCOC(=O)N1CCCC(N2CCC(C(=O)NC3(CC)CCC3)CC2)CC1. The van der Waals surface area contributed by atoms with Crippen LogP contribution in [0.25, 0.3) is 0 Å². The van der Waals surface area contributed by atoms with Crippen LogP contribution in [-0.4, -0.2) is 66.2 Å². The highest BCUT2D eigenvalue weighted by atomic mass is 16.6. The van der Waals surface area contributed by atoms with Crippen LogP contribution < -0.4 is 5.32 Å². The first kappa shape index (κ1) is 20.4. The van der Waals surface area contributed by atoms with Crippen LogP contribution in [0.15, 0.2) is 0 Å². The molecule has 1 atom stereocenters. The molecule has 1 unspecified atom stereocenters. The monoisotopic (exact) mass is 379 g/mol. The van der Waals surface area contributed by atoms with Gasteiger partial charge in [0.2, 0.25) is 5.91 Å². The van der Waals surface area contributed by atoms with Crippen molar-refractivity contribution >= 4 is 12.0 Å². The molecule has 1 N–H and O–H groups in total. The second-order valence-corrected chi connectivity index (χ2v) is 8.56. The van der Waals surface area contributed by atoms with Gasteiger partial charge in [-0.25, -0.2) is 4.79 Å². The van der Waals surface area contributed by atoms with Gasteiger partial charge in [0.25, 0.3) is 0 Å². The number of rotatable bonds is 5. The average Bonchev–Trinajstić information content (AvgIpc) is 2.91. The summed E-state index contributed by atoms with van der Waals surface area (Å²) in [6.45, 7) is 8.06. The molecule has 2 heterocycles. The van der Waals surface area contributed by atoms with Gasteiger partial charge in [0, 0.05) is 30.6 Å². The predicted octanol–water partition coefficient (Wildman–Crippen LogP) is 3.16. The van der Waals surface area contributed by atoms with Crippen LogP contribution >= 0.6 is 0 Å². The Morgan fingerprint density at radius 1 is 1.00 bits per heavy atom. The predicted molar refractivity (Wildman–Crippen MR) is 106 cm³/mol. The van der Waals surface area contributed by atoms with Crippen LogP contribution in [-0.2, 0) is 9.53 Å². The zero-order valence-corrected chi connectivity index (χ0v) is 17.2. The quantitative estimate of drug-likeness (QED) is 0.797. The number of hydrogen-bond acceptors (Lipinski definition) is 4. The summed E-state index contributed by atoms with van der Waals surface area (Å²) in [6, 6.07) is 0.530. The molecule has 1 aliphatic carbocycles. The highest BCUT2D eigenvalue weighted by Crippen LogP contribution is 2.35. The van der Waals surface area contributed by atoms with Gasteiger partial charge in [-0.1, -0.05) is 6.92 Å². The number of carbonyl (C=O) groups excluding carboxylic acids is 2. The lowest BCUT2D eigenvalue weighted by Crippen LogP contribution is -2.55. The highest BCUT2D eigenvalue weighted by molar-refractivity contribution is 5.79. The third-order valence-corrected chi connectivity index (χ3v) is 7.02. The summed E-state index contributed by atoms with van der Waals surface area (Å²) in [7, 11) is 0. The summed E-state index contributed by atoms with van der Waals surface area (Å²) >= 11 is 0. The van der Waals surface area contributed by atoms with E-state index in [-0.39, 0.29) is 23.5 Å². The van der Waals surface area contributed by atoms with Crippen molar-refractivity contribution in [1.29, 1.82) is 0 Å². The molecule has 2 aliphatic heterocycles. The minimum Gasteiger partial charge on any atom is -0.450 e. The van der Waals surface area contributed by atoms with E-state index in [1.807, 2.05) is 11.8 Å². The first-order chi connectivity index (χ1) is 13.1. The fraction of sp³-hybridized carbons (Fsp3) is 0.905. The first-order valence-electron chi connectivity index (χ1n) is 11.0. The lowest BCUT2D eigenvalue weighted by atomic mass is 9.74. The van der Waals surface area contributed by atoms with Crippen LogP contribution in [0.1, 0.15) is 71.6 Å². The molecule has 2 amide bonds. The summed E-state index contributed by atoms with van der Waals surface area (Å²) in [6.07, 6.45) is 9.51. The fourth-order valence-corrected chi connectivity index (χ4v) is 4.90. The van der Waals surface area contributed by atoms with Gasteiger partial charge in [0.05, 0.1) is 6.61 Å². The molecule has 0 radical (unpaired) electrons. The zero-order valence-electron chi connectivity index (χ0n) is 17.2. The summed E-state index contributed by atoms with van der Waals surface area (Å²) in [4.78, 5) is 29.1. The van der Waals surface area contributed by atoms with Gasteiger partial charge < -0.3 is 19.9 Å². The molecule has 0 bridgehead atoms. The number of piperidine rings is 1. The van der Waals surface area contributed by atoms with Crippen molar-refractivity contribution in [2.75, 3.05) is 32.8 Å². The molecule has 3 aliphatic rings. The first-order valence-corrected chi connectivity index (χ1v) is 11.0. The molecule has 6 heteroatoms. The molecular formula is C21H37N3O3. The maximum Gasteiger partial charge on any atom is 0.409 e. The second-order valence-electron chi connectivity index (χ2n) is 8.56. The molecular weight excluding hydrogens is 342 g/mol. The molecule has 6 nitrogen and oxygen atoms in total. The van der Waals surface area contributed by atoms with Gasteiger partial charge in [0.1, 0.15) is 0 Å². The van der Waals surface area contributed by atoms with E-state index in [9.17, 15) is 9.59 Å². The smallest absolute Gasteiger partial charge is 0.409 e. The molecule has 2 saturated heterocycles. The standard InChI is InChI=1S/C21H37N3O3/c1-3-21(11-6-12-21)22-19(25)17-8-14-23(15-9-17)18-7-5-13-24(16-10-18)20(26)27-4-2/h17-18H,3-16H2,1-2H3,(H,22,25). The van der Waals surface area contributed by atoms with E-state index in [0.29, 0.717) is 12.6 Å². The Labute approximate surface area is 164 Å². The van der Waals surface area contributed by atoms with E-state index in [2.05, 4.69) is 17.1 Å². The van der Waals surface area contributed by atoms with Crippen molar-refractivity contribution in [3.63, 3.8) is 0 Å². The molecule has 0 aromatic carbocycles. The van der Waals surface area contributed by atoms with Crippen LogP contribution in [0.5, 0.6) is 0 Å². The van der Waals surface area contributed by atoms with Gasteiger partial charge in [-0.2, -0.15) is 0 Å². The Morgan fingerprint density at radius 2 is 1.74 bits per heavy atom. The minimum atomic E-state index is -0.172. The van der Waals surface area contributed by atoms with Gasteiger partial charge in [-0.3, -0.25) is 4.79 Å². The van der Waals surface area contributed by atoms with Crippen molar-refractivity contribution in [1.82, 2.24) is 15.1 Å².